The van der Waals surface area contributed by atoms with Gasteiger partial charge in [0, 0.05) is 55.1 Å². The number of aromatic nitrogens is 1. The molecule has 3 nitrogen and oxygen atoms in total. The van der Waals surface area contributed by atoms with Crippen molar-refractivity contribution in [3.63, 3.8) is 0 Å². The first kappa shape index (κ1) is 142. The molecule has 47 heteroatoms. The molecule has 0 bridgehead atoms. The number of hydrogen-bond acceptors (Lipinski definition) is 2. The molecular weight excluding hydrogens is 6680 g/mol. The van der Waals surface area contributed by atoms with Crippen molar-refractivity contribution in [1.82, 2.24) is 4.57 Å². The topological polar surface area (TPSA) is 11.4 Å². The van der Waals surface area contributed by atoms with Gasteiger partial charge in [-0.3, -0.25) is 0 Å². The molecule has 4 unspecified atom stereocenters. The Hall–Kier alpha value is 23.3. The van der Waals surface area contributed by atoms with Crippen molar-refractivity contribution < 1.29 is 13.3 Å². The van der Waals surface area contributed by atoms with E-state index < -0.39 is 150 Å². The zero-order valence-corrected chi connectivity index (χ0v) is 172. The summed E-state index contributed by atoms with van der Waals surface area (Å²) in [6.45, 7) is 42.1. The Morgan fingerprint density at radius 1 is 0.303 bits per heavy atom. The molecule has 10 aromatic carbocycles. The van der Waals surface area contributed by atoms with E-state index in [4.69, 9.17) is 11.6 Å². The van der Waals surface area contributed by atoms with Gasteiger partial charge in [0.15, 0.2) is 0 Å². The Labute approximate surface area is 1140 Å². The van der Waals surface area contributed by atoms with Gasteiger partial charge in [-0.15, -0.1) is 0 Å². The second-order valence-electron chi connectivity index (χ2n) is 38.5. The number of nitrogens with zero attached hydrogens (tertiary/aromatic N) is 3. The van der Waals surface area contributed by atoms with Crippen LogP contribution in [0.15, 0.2) is 206 Å². The third-order valence-electron chi connectivity index (χ3n) is 26.0. The van der Waals surface area contributed by atoms with Crippen LogP contribution in [0, 0.1) is 13.8 Å². The monoisotopic (exact) mass is 6780 g/mol. The maximum atomic E-state index is 6.49. The fraction of sp³-hybridized carbons (Fsp3) is 0.368. The molecule has 0 amide bonds. The van der Waals surface area contributed by atoms with Crippen molar-refractivity contribution in [3.8, 4) is 39.1 Å². The van der Waals surface area contributed by atoms with Gasteiger partial charge < -0.3 is 14.4 Å². The molecule has 0 spiro atoms. The summed E-state index contributed by atoms with van der Waals surface area (Å²) in [5, 5.41) is 3.49. The quantitative estimate of drug-likeness (QED) is 0.0529. The van der Waals surface area contributed by atoms with E-state index >= 15 is 0 Å². The summed E-state index contributed by atoms with van der Waals surface area (Å²) in [6.07, 6.45) is 11.0. The molecule has 5 aliphatic rings. The van der Waals surface area contributed by atoms with Crippen LogP contribution in [0.1, 0.15) is 218 Å². The van der Waals surface area contributed by atoms with E-state index in [0.717, 1.165) is 11.4 Å². The van der Waals surface area contributed by atoms with Crippen LogP contribution in [-0.4, -0.2) is 15.6 Å². The van der Waals surface area contributed by atoms with Gasteiger partial charge in [-0.25, -0.2) is 0 Å². The van der Waals surface area contributed by atoms with Gasteiger partial charge in [0.1, 0.15) is 0 Å². The van der Waals surface area contributed by atoms with Crippen molar-refractivity contribution >= 4 is 624 Å². The summed E-state index contributed by atoms with van der Waals surface area (Å²) >= 11 is 78.4. The number of rotatable bonds is 25. The molecule has 1 aromatic heterocycles. The summed E-state index contributed by atoms with van der Waals surface area (Å²) in [4.78, 5) is 5.32. The Balaban J connectivity index is 0.000000166. The zero-order chi connectivity index (χ0) is 104. The van der Waals surface area contributed by atoms with Crippen molar-refractivity contribution in [2.24, 2.45) is 0 Å². The maximum absolute atomic E-state index is 6.49. The Bertz CT molecular complexity index is 6090. The fourth-order valence-corrected chi connectivity index (χ4v) is 7770. The SMILES string of the molecule is CC(C)(C)c1ccc2c(c1)-c1cc(C(C)(C)C)ccc1C2.Cc1cc(Cl)cc(N2c3ccc(-c4ccccc4)cc3C3(C)CCCCC23C)c1.Cc1cc(N2c3ccc(-c4ccccc4)cc3C3(C)CCCCC23C)cc(-n2c3ccc(C(C)(C)C)cc3c3cc(C(C)(C)C)ccc32)c1.I[I-]I(I)I(I)I(I)I(I)I(I)I(I)I(I)I(I)I(I)I(I)I(I)I(I)I(I)I(I)I(I)I(I)I(I)I(I)I(I)I(I)I. The molecule has 0 N–H and O–H groups in total. The van der Waals surface area contributed by atoms with Crippen LogP contribution >= 0.6 is 579 Å². The van der Waals surface area contributed by atoms with Crippen molar-refractivity contribution in [2.75, 3.05) is 9.80 Å². The molecule has 810 valence electrons. The minimum atomic E-state index is -0.550. The van der Waals surface area contributed by atoms with Crippen LogP contribution in [0.4, 0.5) is 22.7 Å². The number of anilines is 4. The number of benzene rings is 10. The summed E-state index contributed by atoms with van der Waals surface area (Å²) < 4.78 is 2.53. The molecule has 142 heavy (non-hydrogen) atoms. The summed E-state index contributed by atoms with van der Waals surface area (Å²) in [6, 6.07) is 78.1. The first-order chi connectivity index (χ1) is 66.3. The molecule has 0 saturated heterocycles. The standard InChI is InChI=1S/C47H52N2.C27H28ClN.C21H26.I43/c1-31-25-36(48-41-21-18-34(44(2,3)4)28-38(41)39-29-35(45(5,6)7)19-22-42(39)48)30-37(26-31)49-43-20-17-33(32-15-11-10-12-16-32)27-40(43)46(8)23-13-14-24-47(46,49)9;1-19-15-22(28)18-23(16-19)29-25-12-11-21(20-9-5-4-6-10-20)17-24(25)26(2)13-7-8-14-27(26,29)3;1-20(2,3)16-9-7-14-11-15-8-10-17(21(4,5)6)13-19(15)18(14)12-16;1-23-25(4)27(6)29(8)31(10)33(12)35(14)37(16)39(18)41(20)43(22)42(21)40(19)38(17)36(15)34(13)32(11)30(9)28(7)26(5)24(2)3/h10-12,15-22,25-30H,13-14,23-24H2,1-9H3;4-6,9-12,15-18H,7-8,13-14H2,1-3H3;7-10,12-13H,11H2,1-6H3;/q;;;-1. The molecule has 3 aliphatic carbocycles. The predicted molar refractivity (Wildman–Crippen MR) is 1020 cm³/mol. The second kappa shape index (κ2) is 63.7. The Morgan fingerprint density at radius 3 is 0.937 bits per heavy atom. The number of hydrogen-bond donors (Lipinski definition) is 0. The van der Waals surface area contributed by atoms with Crippen LogP contribution in [-0.2, 0) is 38.9 Å². The van der Waals surface area contributed by atoms with E-state index in [9.17, 15) is 0 Å². The molecule has 2 aliphatic heterocycles. The average Bonchev–Trinajstić information content (AvgIpc) is 1.54. The van der Waals surface area contributed by atoms with Gasteiger partial charge in [-0.1, -0.05) is 256 Å². The molecular formula is C95H106ClI43N3-. The molecule has 0 radical (unpaired) electrons. The first-order valence-corrected chi connectivity index (χ1v) is 307. The molecule has 4 atom stereocenters. The van der Waals surface area contributed by atoms with Gasteiger partial charge in [0.25, 0.3) is 0 Å². The van der Waals surface area contributed by atoms with E-state index in [1.54, 1.807) is 0 Å². The number of aryl methyl sites for hydroxylation is 2. The first-order valence-electron chi connectivity index (χ1n) is 43.0. The van der Waals surface area contributed by atoms with E-state index in [2.05, 4.69) is 749 Å². The predicted octanol–water partition coefficient (Wildman–Crippen LogP) is 61.2. The van der Waals surface area contributed by atoms with Gasteiger partial charge in [0.05, 0.1) is 22.1 Å². The van der Waals surface area contributed by atoms with E-state index in [1.807, 2.05) is 6.07 Å². The normalized spacial score (nSPS) is 20.2. The fourth-order valence-electron chi connectivity index (χ4n) is 18.7. The average molecular weight is 6780 g/mol. The van der Waals surface area contributed by atoms with E-state index in [0.29, 0.717) is 13.3 Å². The number of halogens is 44. The Kier molecular flexibility index (Phi) is 63.6. The molecule has 2 saturated carbocycles. The number of fused-ring (bicyclic) bond motifs is 12. The summed E-state index contributed by atoms with van der Waals surface area (Å²) in [5.74, 6) is 0. The van der Waals surface area contributed by atoms with Crippen LogP contribution in [0.2, 0.25) is 5.02 Å². The van der Waals surface area contributed by atoms with Gasteiger partial charge in [0.2, 0.25) is 0 Å². The zero-order valence-electron chi connectivity index (χ0n) is 79.0. The molecule has 11 aromatic rings. The summed E-state index contributed by atoms with van der Waals surface area (Å²) in [7, 11) is -10.1. The molecule has 2 fully saturated rings. The molecule has 16 rings (SSSR count). The third-order valence-corrected chi connectivity index (χ3v) is 3250. The van der Waals surface area contributed by atoms with Gasteiger partial charge in [-0.05, 0) is 255 Å². The minimum absolute atomic E-state index is 0.0159. The van der Waals surface area contributed by atoms with Crippen molar-refractivity contribution in [1.29, 1.82) is 0 Å². The summed E-state index contributed by atoms with van der Waals surface area (Å²) in [5.41, 5.74) is 31.9. The van der Waals surface area contributed by atoms with E-state index in [1.165, 1.54) is 191 Å². The van der Waals surface area contributed by atoms with Gasteiger partial charge in [-0.2, -0.15) is 0 Å². The second-order valence-corrected chi connectivity index (χ2v) is 1030. The van der Waals surface area contributed by atoms with Crippen LogP contribution < -0.4 is 23.1 Å². The van der Waals surface area contributed by atoms with Crippen LogP contribution in [0.3, 0.4) is 0 Å². The third kappa shape index (κ3) is 34.8. The Morgan fingerprint density at radius 2 is 0.606 bits per heavy atom. The van der Waals surface area contributed by atoms with Crippen molar-refractivity contribution in [2.45, 2.75) is 226 Å². The van der Waals surface area contributed by atoms with Crippen LogP contribution in [0.5, 0.6) is 0 Å². The van der Waals surface area contributed by atoms with Crippen LogP contribution in [0.25, 0.3) is 60.9 Å². The van der Waals surface area contributed by atoms with E-state index in [-0.39, 0.29) is 51.5 Å². The van der Waals surface area contributed by atoms with Crippen molar-refractivity contribution in [3.05, 3.63) is 267 Å². The van der Waals surface area contributed by atoms with Gasteiger partial charge >= 0.3 is 581 Å². The molecule has 3 heterocycles.